The number of likely N-dealkylation sites (tertiary alicyclic amines) is 1. The van der Waals surface area contributed by atoms with E-state index in [4.69, 9.17) is 25.8 Å². The molecule has 2 N–H and O–H groups in total. The molecule has 36 heavy (non-hydrogen) atoms. The number of nitrogens with zero attached hydrogens (tertiary/aromatic N) is 3. The Morgan fingerprint density at radius 2 is 2.06 bits per heavy atom. The molecule has 3 heterocycles. The highest BCUT2D eigenvalue weighted by Gasteiger charge is 2.26. The molecule has 5 rings (SSSR count). The molecule has 0 saturated carbocycles. The lowest BCUT2D eigenvalue weighted by Crippen LogP contribution is -2.35. The minimum Gasteiger partial charge on any atom is -0.506 e. The Labute approximate surface area is 212 Å². The standard InChI is InChI=1S/C26H28ClFN4O4/c1-14-21-23-22(24(29-26(21)31-30-14)15-6-7-19(33)17(27)11-15)18(28)12-20(25(23)35-3)36-10-9-32-8-4-5-16(32)13-34-2/h6-7,11-12,16,33H,4-5,8-10,13H2,1-3H3,(H,29,30,31)/t16-/m0/s1. The summed E-state index contributed by atoms with van der Waals surface area (Å²) < 4.78 is 33.1. The Balaban J connectivity index is 1.60. The molecule has 0 spiro atoms. The van der Waals surface area contributed by atoms with Crippen LogP contribution in [0, 0.1) is 12.7 Å². The largest absolute Gasteiger partial charge is 0.506 e. The third-order valence-corrected chi connectivity index (χ3v) is 7.05. The van der Waals surface area contributed by atoms with Crippen LogP contribution in [-0.4, -0.2) is 71.8 Å². The van der Waals surface area contributed by atoms with Crippen molar-refractivity contribution < 1.29 is 23.7 Å². The van der Waals surface area contributed by atoms with Gasteiger partial charge in [0.1, 0.15) is 18.2 Å². The lowest BCUT2D eigenvalue weighted by molar-refractivity contribution is 0.105. The van der Waals surface area contributed by atoms with E-state index in [0.29, 0.717) is 65.0 Å². The lowest BCUT2D eigenvalue weighted by atomic mass is 9.99. The van der Waals surface area contributed by atoms with Gasteiger partial charge in [0.15, 0.2) is 17.1 Å². The number of hydrogen-bond donors (Lipinski definition) is 2. The van der Waals surface area contributed by atoms with Crippen molar-refractivity contribution >= 4 is 33.4 Å². The molecule has 10 heteroatoms. The molecule has 4 aromatic rings. The molecule has 0 radical (unpaired) electrons. The van der Waals surface area contributed by atoms with Gasteiger partial charge in [-0.1, -0.05) is 11.6 Å². The molecular formula is C26H28ClFN4O4. The number of halogens is 2. The van der Waals surface area contributed by atoms with Crippen LogP contribution in [0.2, 0.25) is 5.02 Å². The summed E-state index contributed by atoms with van der Waals surface area (Å²) >= 11 is 6.15. The highest BCUT2D eigenvalue weighted by molar-refractivity contribution is 6.32. The molecule has 1 atom stereocenters. The number of phenolic OH excluding ortho intramolecular Hbond substituents is 1. The van der Waals surface area contributed by atoms with Crippen LogP contribution in [0.4, 0.5) is 4.39 Å². The molecule has 2 aromatic carbocycles. The van der Waals surface area contributed by atoms with E-state index in [2.05, 4.69) is 20.1 Å². The first-order chi connectivity index (χ1) is 17.4. The quantitative estimate of drug-likeness (QED) is 0.338. The fourth-order valence-electron chi connectivity index (χ4n) is 5.05. The highest BCUT2D eigenvalue weighted by atomic mass is 35.5. The smallest absolute Gasteiger partial charge is 0.182 e. The second kappa shape index (κ2) is 10.1. The SMILES string of the molecule is COC[C@@H]1CCCN1CCOc1cc(F)c2c(-c3ccc(O)c(Cl)c3)nc3n[nH]c(C)c3c2c1OC. The van der Waals surface area contributed by atoms with Gasteiger partial charge in [-0.2, -0.15) is 5.10 Å². The van der Waals surface area contributed by atoms with Gasteiger partial charge >= 0.3 is 0 Å². The molecule has 2 aromatic heterocycles. The Morgan fingerprint density at radius 3 is 2.81 bits per heavy atom. The van der Waals surface area contributed by atoms with Crippen molar-refractivity contribution in [2.75, 3.05) is 40.5 Å². The van der Waals surface area contributed by atoms with Crippen molar-refractivity contribution in [1.29, 1.82) is 0 Å². The van der Waals surface area contributed by atoms with Crippen LogP contribution in [0.25, 0.3) is 33.1 Å². The van der Waals surface area contributed by atoms with Gasteiger partial charge in [-0.3, -0.25) is 10.00 Å². The van der Waals surface area contributed by atoms with Crippen LogP contribution in [-0.2, 0) is 4.74 Å². The Bertz CT molecular complexity index is 1430. The number of rotatable bonds is 8. The lowest BCUT2D eigenvalue weighted by Gasteiger charge is -2.24. The summed E-state index contributed by atoms with van der Waals surface area (Å²) in [6.07, 6.45) is 2.22. The third kappa shape index (κ3) is 4.31. The van der Waals surface area contributed by atoms with E-state index in [1.54, 1.807) is 19.2 Å². The van der Waals surface area contributed by atoms with E-state index >= 15 is 4.39 Å². The first-order valence-corrected chi connectivity index (χ1v) is 12.2. The number of phenols is 1. The van der Waals surface area contributed by atoms with Gasteiger partial charge in [-0.15, -0.1) is 0 Å². The van der Waals surface area contributed by atoms with Crippen molar-refractivity contribution in [3.63, 3.8) is 0 Å². The first-order valence-electron chi connectivity index (χ1n) is 11.8. The molecule has 8 nitrogen and oxygen atoms in total. The zero-order chi connectivity index (χ0) is 25.4. The van der Waals surface area contributed by atoms with Crippen LogP contribution < -0.4 is 9.47 Å². The van der Waals surface area contributed by atoms with Gasteiger partial charge in [-0.25, -0.2) is 9.37 Å². The van der Waals surface area contributed by atoms with Crippen LogP contribution in [0.15, 0.2) is 24.3 Å². The Morgan fingerprint density at radius 1 is 1.22 bits per heavy atom. The zero-order valence-electron chi connectivity index (χ0n) is 20.4. The number of aromatic amines is 1. The summed E-state index contributed by atoms with van der Waals surface area (Å²) in [6, 6.07) is 6.34. The fourth-order valence-corrected chi connectivity index (χ4v) is 5.23. The van der Waals surface area contributed by atoms with Gasteiger partial charge in [-0.05, 0) is 44.5 Å². The van der Waals surface area contributed by atoms with Crippen molar-refractivity contribution in [2.24, 2.45) is 0 Å². The van der Waals surface area contributed by atoms with Crippen LogP contribution in [0.5, 0.6) is 17.2 Å². The molecule has 1 saturated heterocycles. The number of ether oxygens (including phenoxy) is 3. The van der Waals surface area contributed by atoms with Crippen molar-refractivity contribution in [3.8, 4) is 28.5 Å². The predicted molar refractivity (Wildman–Crippen MR) is 137 cm³/mol. The summed E-state index contributed by atoms with van der Waals surface area (Å²) in [7, 11) is 3.25. The fraction of sp³-hybridized carbons (Fsp3) is 0.385. The number of nitrogens with one attached hydrogen (secondary N) is 1. The first kappa shape index (κ1) is 24.5. The zero-order valence-corrected chi connectivity index (χ0v) is 21.2. The van der Waals surface area contributed by atoms with Gasteiger partial charge in [0.25, 0.3) is 0 Å². The highest BCUT2D eigenvalue weighted by Crippen LogP contribution is 2.45. The van der Waals surface area contributed by atoms with E-state index < -0.39 is 5.82 Å². The number of H-pyrrole nitrogens is 1. The maximum absolute atomic E-state index is 15.8. The summed E-state index contributed by atoms with van der Waals surface area (Å²) in [4.78, 5) is 6.97. The van der Waals surface area contributed by atoms with Crippen molar-refractivity contribution in [2.45, 2.75) is 25.8 Å². The average Bonchev–Trinajstić information content (AvgIpc) is 3.47. The molecule has 1 aliphatic rings. The van der Waals surface area contributed by atoms with Gasteiger partial charge in [0, 0.05) is 47.8 Å². The van der Waals surface area contributed by atoms with E-state index in [1.807, 2.05) is 6.92 Å². The maximum Gasteiger partial charge on any atom is 0.182 e. The second-order valence-corrected chi connectivity index (χ2v) is 9.36. The molecule has 0 amide bonds. The van der Waals surface area contributed by atoms with Gasteiger partial charge in [0.05, 0.1) is 29.8 Å². The van der Waals surface area contributed by atoms with E-state index in [1.165, 1.54) is 19.2 Å². The number of aromatic hydroxyl groups is 1. The topological polar surface area (TPSA) is 92.7 Å². The summed E-state index contributed by atoms with van der Waals surface area (Å²) in [5.41, 5.74) is 2.02. The monoisotopic (exact) mass is 514 g/mol. The third-order valence-electron chi connectivity index (χ3n) is 6.75. The minimum atomic E-state index is -0.506. The molecule has 0 aliphatic carbocycles. The normalized spacial score (nSPS) is 16.3. The van der Waals surface area contributed by atoms with Crippen molar-refractivity contribution in [3.05, 3.63) is 40.8 Å². The van der Waals surface area contributed by atoms with Crippen LogP contribution >= 0.6 is 11.6 Å². The van der Waals surface area contributed by atoms with E-state index in [9.17, 15) is 5.11 Å². The second-order valence-electron chi connectivity index (χ2n) is 8.95. The number of benzene rings is 2. The molecule has 1 fully saturated rings. The van der Waals surface area contributed by atoms with Crippen molar-refractivity contribution in [1.82, 2.24) is 20.1 Å². The maximum atomic E-state index is 15.8. The van der Waals surface area contributed by atoms with Crippen LogP contribution in [0.1, 0.15) is 18.5 Å². The Hall–Kier alpha value is -3.14. The number of fused-ring (bicyclic) bond motifs is 3. The number of aromatic nitrogens is 3. The van der Waals surface area contributed by atoms with Crippen LogP contribution in [0.3, 0.4) is 0 Å². The van der Waals surface area contributed by atoms with Gasteiger partial charge < -0.3 is 19.3 Å². The average molecular weight is 515 g/mol. The molecule has 0 bridgehead atoms. The summed E-state index contributed by atoms with van der Waals surface area (Å²) in [5, 5.41) is 18.7. The molecular weight excluding hydrogens is 487 g/mol. The molecule has 190 valence electrons. The molecule has 0 unspecified atom stereocenters. The van der Waals surface area contributed by atoms with Gasteiger partial charge in [0.2, 0.25) is 0 Å². The van der Waals surface area contributed by atoms with E-state index in [-0.39, 0.29) is 16.2 Å². The number of methoxy groups -OCH3 is 2. The summed E-state index contributed by atoms with van der Waals surface area (Å²) in [6.45, 7) is 4.59. The van der Waals surface area contributed by atoms with E-state index in [0.717, 1.165) is 25.1 Å². The number of aryl methyl sites for hydroxylation is 1. The number of pyridine rings is 1. The summed E-state index contributed by atoms with van der Waals surface area (Å²) in [5.74, 6) is 0.145. The predicted octanol–water partition coefficient (Wildman–Crippen LogP) is 5.08. The number of hydrogen-bond acceptors (Lipinski definition) is 7. The molecule has 1 aliphatic heterocycles. The minimum absolute atomic E-state index is 0.0686. The Kier molecular flexibility index (Phi) is 6.87.